The van der Waals surface area contributed by atoms with E-state index in [1.165, 1.54) is 12.1 Å². The van der Waals surface area contributed by atoms with E-state index in [0.717, 1.165) is 17.4 Å². The third-order valence-corrected chi connectivity index (χ3v) is 3.19. The third kappa shape index (κ3) is 3.07. The number of benzene rings is 2. The maximum absolute atomic E-state index is 13.8. The summed E-state index contributed by atoms with van der Waals surface area (Å²) in [5.74, 6) is -1.10. The lowest BCUT2D eigenvalue weighted by molar-refractivity contribution is 0.566. The SMILES string of the molecule is CC(Nc1ccccc1N(C)C)c1ccc(F)cc1F. The molecule has 0 aliphatic rings. The van der Waals surface area contributed by atoms with Gasteiger partial charge < -0.3 is 10.2 Å². The largest absolute Gasteiger partial charge is 0.377 e. The van der Waals surface area contributed by atoms with Gasteiger partial charge in [0.25, 0.3) is 0 Å². The zero-order valence-electron chi connectivity index (χ0n) is 11.8. The van der Waals surface area contributed by atoms with Crippen molar-refractivity contribution in [1.29, 1.82) is 0 Å². The van der Waals surface area contributed by atoms with Crippen molar-refractivity contribution in [3.8, 4) is 0 Å². The van der Waals surface area contributed by atoms with Crippen LogP contribution in [0.15, 0.2) is 42.5 Å². The molecule has 2 aromatic rings. The van der Waals surface area contributed by atoms with Crippen LogP contribution in [-0.4, -0.2) is 14.1 Å². The average Bonchev–Trinajstić information content (AvgIpc) is 2.38. The Kier molecular flexibility index (Phi) is 4.23. The first-order valence-electron chi connectivity index (χ1n) is 6.47. The highest BCUT2D eigenvalue weighted by Gasteiger charge is 2.13. The molecule has 1 atom stereocenters. The van der Waals surface area contributed by atoms with Gasteiger partial charge in [0.05, 0.1) is 17.4 Å². The Labute approximate surface area is 118 Å². The van der Waals surface area contributed by atoms with Crippen molar-refractivity contribution in [2.24, 2.45) is 0 Å². The van der Waals surface area contributed by atoms with Gasteiger partial charge in [-0.3, -0.25) is 0 Å². The topological polar surface area (TPSA) is 15.3 Å². The molecule has 1 N–H and O–H groups in total. The fraction of sp³-hybridized carbons (Fsp3) is 0.250. The summed E-state index contributed by atoms with van der Waals surface area (Å²) >= 11 is 0. The monoisotopic (exact) mass is 276 g/mol. The molecular formula is C16H18F2N2. The summed E-state index contributed by atoms with van der Waals surface area (Å²) in [4.78, 5) is 1.98. The normalized spacial score (nSPS) is 12.1. The van der Waals surface area contributed by atoms with E-state index < -0.39 is 11.6 Å². The molecule has 1 unspecified atom stereocenters. The van der Waals surface area contributed by atoms with Crippen molar-refractivity contribution in [3.05, 3.63) is 59.7 Å². The molecule has 0 spiro atoms. The van der Waals surface area contributed by atoms with Crippen molar-refractivity contribution >= 4 is 11.4 Å². The van der Waals surface area contributed by atoms with E-state index in [2.05, 4.69) is 5.32 Å². The van der Waals surface area contributed by atoms with E-state index in [1.807, 2.05) is 50.2 Å². The number of nitrogens with zero attached hydrogens (tertiary/aromatic N) is 1. The highest BCUT2D eigenvalue weighted by molar-refractivity contribution is 5.69. The lowest BCUT2D eigenvalue weighted by Gasteiger charge is -2.22. The quantitative estimate of drug-likeness (QED) is 0.900. The Bertz CT molecular complexity index is 597. The molecule has 0 radical (unpaired) electrons. The molecule has 0 saturated carbocycles. The summed E-state index contributed by atoms with van der Waals surface area (Å²) in [6.07, 6.45) is 0. The zero-order valence-corrected chi connectivity index (χ0v) is 11.8. The van der Waals surface area contributed by atoms with Gasteiger partial charge in [0.2, 0.25) is 0 Å². The standard InChI is InChI=1S/C16H18F2N2/c1-11(13-9-8-12(17)10-14(13)18)19-15-6-4-5-7-16(15)20(2)3/h4-11,19H,1-3H3. The highest BCUT2D eigenvalue weighted by atomic mass is 19.1. The number of anilines is 2. The van der Waals surface area contributed by atoms with E-state index in [0.29, 0.717) is 5.56 Å². The van der Waals surface area contributed by atoms with Gasteiger partial charge in [-0.1, -0.05) is 18.2 Å². The fourth-order valence-electron chi connectivity index (χ4n) is 2.15. The first kappa shape index (κ1) is 14.3. The summed E-state index contributed by atoms with van der Waals surface area (Å²) < 4.78 is 26.7. The molecule has 0 saturated heterocycles. The molecule has 2 aromatic carbocycles. The molecule has 2 nitrogen and oxygen atoms in total. The predicted molar refractivity (Wildman–Crippen MR) is 79.2 cm³/mol. The van der Waals surface area contributed by atoms with Gasteiger partial charge >= 0.3 is 0 Å². The summed E-state index contributed by atoms with van der Waals surface area (Å²) in [7, 11) is 3.90. The zero-order chi connectivity index (χ0) is 14.7. The van der Waals surface area contributed by atoms with Crippen LogP contribution in [0.25, 0.3) is 0 Å². The maximum Gasteiger partial charge on any atom is 0.131 e. The Morgan fingerprint density at radius 2 is 1.75 bits per heavy atom. The molecule has 0 fully saturated rings. The highest BCUT2D eigenvalue weighted by Crippen LogP contribution is 2.28. The van der Waals surface area contributed by atoms with E-state index in [4.69, 9.17) is 0 Å². The van der Waals surface area contributed by atoms with E-state index in [9.17, 15) is 8.78 Å². The van der Waals surface area contributed by atoms with Crippen LogP contribution >= 0.6 is 0 Å². The molecule has 0 aliphatic heterocycles. The third-order valence-electron chi connectivity index (χ3n) is 3.19. The second kappa shape index (κ2) is 5.90. The first-order valence-corrected chi connectivity index (χ1v) is 6.47. The Hall–Kier alpha value is -2.10. The molecule has 2 rings (SSSR count). The minimum atomic E-state index is -0.563. The molecular weight excluding hydrogens is 258 g/mol. The number of rotatable bonds is 4. The van der Waals surface area contributed by atoms with Crippen molar-refractivity contribution in [2.45, 2.75) is 13.0 Å². The molecule has 106 valence electrons. The van der Waals surface area contributed by atoms with Gasteiger partial charge in [0.15, 0.2) is 0 Å². The van der Waals surface area contributed by atoms with Gasteiger partial charge in [-0.25, -0.2) is 8.78 Å². The van der Waals surface area contributed by atoms with E-state index in [-0.39, 0.29) is 6.04 Å². The number of hydrogen-bond donors (Lipinski definition) is 1. The van der Waals surface area contributed by atoms with E-state index >= 15 is 0 Å². The molecule has 0 aliphatic carbocycles. The Morgan fingerprint density at radius 1 is 1.05 bits per heavy atom. The van der Waals surface area contributed by atoms with Gasteiger partial charge in [0, 0.05) is 25.7 Å². The maximum atomic E-state index is 13.8. The molecule has 20 heavy (non-hydrogen) atoms. The van der Waals surface area contributed by atoms with Crippen LogP contribution in [-0.2, 0) is 0 Å². The molecule has 0 bridgehead atoms. The van der Waals surface area contributed by atoms with Crippen molar-refractivity contribution in [3.63, 3.8) is 0 Å². The number of hydrogen-bond acceptors (Lipinski definition) is 2. The van der Waals surface area contributed by atoms with Crippen LogP contribution in [0.1, 0.15) is 18.5 Å². The van der Waals surface area contributed by atoms with Crippen LogP contribution < -0.4 is 10.2 Å². The summed E-state index contributed by atoms with van der Waals surface area (Å²) in [6, 6.07) is 11.2. The lowest BCUT2D eigenvalue weighted by Crippen LogP contribution is -2.14. The minimum Gasteiger partial charge on any atom is -0.377 e. The summed E-state index contributed by atoms with van der Waals surface area (Å²) in [5.41, 5.74) is 2.37. The van der Waals surface area contributed by atoms with Gasteiger partial charge in [-0.2, -0.15) is 0 Å². The number of nitrogens with one attached hydrogen (secondary N) is 1. The van der Waals surface area contributed by atoms with Crippen molar-refractivity contribution < 1.29 is 8.78 Å². The summed E-state index contributed by atoms with van der Waals surface area (Å²) in [6.45, 7) is 1.85. The predicted octanol–water partition coefficient (Wildman–Crippen LogP) is 4.20. The molecule has 0 aromatic heterocycles. The number of halogens is 2. The van der Waals surface area contributed by atoms with Crippen LogP contribution in [0.4, 0.5) is 20.2 Å². The molecule has 4 heteroatoms. The van der Waals surface area contributed by atoms with Crippen molar-refractivity contribution in [2.75, 3.05) is 24.3 Å². The minimum absolute atomic E-state index is 0.253. The van der Waals surface area contributed by atoms with Gasteiger partial charge in [-0.15, -0.1) is 0 Å². The second-order valence-corrected chi connectivity index (χ2v) is 4.94. The second-order valence-electron chi connectivity index (χ2n) is 4.94. The van der Waals surface area contributed by atoms with Crippen LogP contribution in [0.3, 0.4) is 0 Å². The van der Waals surface area contributed by atoms with E-state index in [1.54, 1.807) is 0 Å². The molecule has 0 amide bonds. The first-order chi connectivity index (χ1) is 9.49. The van der Waals surface area contributed by atoms with Crippen LogP contribution in [0.5, 0.6) is 0 Å². The van der Waals surface area contributed by atoms with Crippen LogP contribution in [0, 0.1) is 11.6 Å². The fourth-order valence-corrected chi connectivity index (χ4v) is 2.15. The van der Waals surface area contributed by atoms with Crippen LogP contribution in [0.2, 0.25) is 0 Å². The Morgan fingerprint density at radius 3 is 2.40 bits per heavy atom. The smallest absolute Gasteiger partial charge is 0.131 e. The van der Waals surface area contributed by atoms with Gasteiger partial charge in [-0.05, 0) is 25.1 Å². The average molecular weight is 276 g/mol. The number of para-hydroxylation sites is 2. The summed E-state index contributed by atoms with van der Waals surface area (Å²) in [5, 5.41) is 3.26. The van der Waals surface area contributed by atoms with Crippen molar-refractivity contribution in [1.82, 2.24) is 0 Å². The van der Waals surface area contributed by atoms with Gasteiger partial charge in [0.1, 0.15) is 11.6 Å². The Balaban J connectivity index is 2.26. The lowest BCUT2D eigenvalue weighted by atomic mass is 10.1. The molecule has 0 heterocycles.